The number of amides is 1. The van der Waals surface area contributed by atoms with Crippen LogP contribution < -0.4 is 20.5 Å². The van der Waals surface area contributed by atoms with Gasteiger partial charge in [0, 0.05) is 25.3 Å². The Morgan fingerprint density at radius 1 is 1.26 bits per heavy atom. The average Bonchev–Trinajstić information content (AvgIpc) is 3.00. The number of aromatic nitrogens is 3. The standard InChI is InChI=1S/C15H17N5O3/c1-3-16-13(21)12-14(22)20-9-8-19(15(20)18-17-12)10-4-6-11(23-2)7-5-10/h4-7H,3,8-9H2,1-2H3,(H,16,21). The minimum atomic E-state index is -0.497. The number of hydrogen-bond donors (Lipinski definition) is 1. The van der Waals surface area contributed by atoms with Crippen molar-refractivity contribution in [1.29, 1.82) is 0 Å². The van der Waals surface area contributed by atoms with Gasteiger partial charge in [0.25, 0.3) is 11.5 Å². The molecule has 1 amide bonds. The Labute approximate surface area is 132 Å². The highest BCUT2D eigenvalue weighted by molar-refractivity contribution is 5.91. The maximum atomic E-state index is 12.4. The van der Waals surface area contributed by atoms with Gasteiger partial charge in [0.15, 0.2) is 0 Å². The van der Waals surface area contributed by atoms with E-state index in [0.29, 0.717) is 25.6 Å². The molecule has 0 saturated heterocycles. The largest absolute Gasteiger partial charge is 0.497 e. The molecular formula is C15H17N5O3. The predicted molar refractivity (Wildman–Crippen MR) is 84.3 cm³/mol. The van der Waals surface area contributed by atoms with Gasteiger partial charge in [-0.15, -0.1) is 10.2 Å². The molecular weight excluding hydrogens is 298 g/mol. The number of methoxy groups -OCH3 is 1. The zero-order valence-electron chi connectivity index (χ0n) is 12.9. The predicted octanol–water partition coefficient (Wildman–Crippen LogP) is 0.548. The molecule has 0 radical (unpaired) electrons. The molecule has 0 unspecified atom stereocenters. The van der Waals surface area contributed by atoms with Gasteiger partial charge in [-0.1, -0.05) is 0 Å². The first-order valence-corrected chi connectivity index (χ1v) is 7.33. The Balaban J connectivity index is 1.96. The van der Waals surface area contributed by atoms with Crippen molar-refractivity contribution < 1.29 is 9.53 Å². The molecule has 0 atom stereocenters. The number of fused-ring (bicyclic) bond motifs is 1. The van der Waals surface area contributed by atoms with E-state index in [-0.39, 0.29) is 5.69 Å². The summed E-state index contributed by atoms with van der Waals surface area (Å²) in [4.78, 5) is 26.1. The van der Waals surface area contributed by atoms with Crippen molar-refractivity contribution in [2.45, 2.75) is 13.5 Å². The molecule has 1 aliphatic rings. The molecule has 1 aromatic carbocycles. The molecule has 3 rings (SSSR count). The van der Waals surface area contributed by atoms with Crippen LogP contribution in [0.1, 0.15) is 17.4 Å². The van der Waals surface area contributed by atoms with E-state index in [1.807, 2.05) is 29.2 Å². The quantitative estimate of drug-likeness (QED) is 0.886. The van der Waals surface area contributed by atoms with Gasteiger partial charge in [-0.25, -0.2) is 0 Å². The molecule has 23 heavy (non-hydrogen) atoms. The monoisotopic (exact) mass is 315 g/mol. The zero-order valence-corrected chi connectivity index (χ0v) is 12.9. The van der Waals surface area contributed by atoms with Crippen molar-refractivity contribution in [1.82, 2.24) is 20.1 Å². The SMILES string of the molecule is CCNC(=O)c1nnc2n(c1=O)CCN2c1ccc(OC)cc1. The van der Waals surface area contributed by atoms with Gasteiger partial charge in [0.1, 0.15) is 5.75 Å². The summed E-state index contributed by atoms with van der Waals surface area (Å²) >= 11 is 0. The summed E-state index contributed by atoms with van der Waals surface area (Å²) in [6.07, 6.45) is 0. The van der Waals surface area contributed by atoms with E-state index >= 15 is 0 Å². The zero-order chi connectivity index (χ0) is 16.4. The highest BCUT2D eigenvalue weighted by atomic mass is 16.5. The fraction of sp³-hybridized carbons (Fsp3) is 0.333. The maximum Gasteiger partial charge on any atom is 0.286 e. The topological polar surface area (TPSA) is 89.3 Å². The highest BCUT2D eigenvalue weighted by Crippen LogP contribution is 2.27. The first kappa shape index (κ1) is 15.0. The fourth-order valence-electron chi connectivity index (χ4n) is 2.50. The second-order valence-electron chi connectivity index (χ2n) is 5.01. The molecule has 1 aromatic heterocycles. The van der Waals surface area contributed by atoms with Crippen LogP contribution in [0.3, 0.4) is 0 Å². The summed E-state index contributed by atoms with van der Waals surface area (Å²) < 4.78 is 6.61. The number of rotatable bonds is 4. The fourth-order valence-corrected chi connectivity index (χ4v) is 2.50. The molecule has 1 aliphatic heterocycles. The summed E-state index contributed by atoms with van der Waals surface area (Å²) in [6.45, 7) is 3.26. The number of nitrogens with one attached hydrogen (secondary N) is 1. The summed E-state index contributed by atoms with van der Waals surface area (Å²) in [5.74, 6) is 0.694. The normalized spacial score (nSPS) is 12.9. The third kappa shape index (κ3) is 2.63. The van der Waals surface area contributed by atoms with Crippen molar-refractivity contribution in [3.63, 3.8) is 0 Å². The lowest BCUT2D eigenvalue weighted by Crippen LogP contribution is -2.34. The highest BCUT2D eigenvalue weighted by Gasteiger charge is 2.27. The van der Waals surface area contributed by atoms with Crippen LogP contribution in [0.15, 0.2) is 29.1 Å². The summed E-state index contributed by atoms with van der Waals surface area (Å²) in [5.41, 5.74) is 0.292. The lowest BCUT2D eigenvalue weighted by molar-refractivity contribution is 0.0947. The van der Waals surface area contributed by atoms with E-state index in [2.05, 4.69) is 15.5 Å². The maximum absolute atomic E-state index is 12.4. The van der Waals surface area contributed by atoms with Crippen LogP contribution >= 0.6 is 0 Å². The molecule has 0 saturated carbocycles. The van der Waals surface area contributed by atoms with Crippen LogP contribution in [-0.4, -0.2) is 40.9 Å². The van der Waals surface area contributed by atoms with Crippen LogP contribution in [0.4, 0.5) is 11.6 Å². The summed E-state index contributed by atoms with van der Waals surface area (Å²) in [5, 5.41) is 10.5. The van der Waals surface area contributed by atoms with Gasteiger partial charge in [-0.05, 0) is 31.2 Å². The number of carbonyl (C=O) groups is 1. The van der Waals surface area contributed by atoms with Gasteiger partial charge in [-0.3, -0.25) is 14.2 Å². The van der Waals surface area contributed by atoms with Gasteiger partial charge in [0.05, 0.1) is 7.11 Å². The number of ether oxygens (including phenoxy) is 1. The molecule has 0 bridgehead atoms. The van der Waals surface area contributed by atoms with Gasteiger partial charge < -0.3 is 15.0 Å². The van der Waals surface area contributed by atoms with Crippen molar-refractivity contribution in [3.05, 3.63) is 40.3 Å². The van der Waals surface area contributed by atoms with E-state index in [9.17, 15) is 9.59 Å². The Morgan fingerprint density at radius 2 is 2.00 bits per heavy atom. The van der Waals surface area contributed by atoms with E-state index in [1.165, 1.54) is 4.57 Å². The van der Waals surface area contributed by atoms with Crippen molar-refractivity contribution >= 4 is 17.5 Å². The van der Waals surface area contributed by atoms with Crippen LogP contribution in [-0.2, 0) is 6.54 Å². The smallest absolute Gasteiger partial charge is 0.286 e. The summed E-state index contributed by atoms with van der Waals surface area (Å²) in [7, 11) is 1.61. The molecule has 8 heteroatoms. The van der Waals surface area contributed by atoms with Crippen molar-refractivity contribution in [2.75, 3.05) is 25.1 Å². The first-order valence-electron chi connectivity index (χ1n) is 7.33. The second-order valence-corrected chi connectivity index (χ2v) is 5.01. The number of carbonyl (C=O) groups excluding carboxylic acids is 1. The van der Waals surface area contributed by atoms with Crippen LogP contribution in [0.5, 0.6) is 5.75 Å². The molecule has 2 aromatic rings. The third-order valence-corrected chi connectivity index (χ3v) is 3.65. The van der Waals surface area contributed by atoms with Gasteiger partial charge in [0.2, 0.25) is 11.6 Å². The molecule has 0 aliphatic carbocycles. The number of benzene rings is 1. The van der Waals surface area contributed by atoms with E-state index in [4.69, 9.17) is 4.74 Å². The van der Waals surface area contributed by atoms with Gasteiger partial charge in [-0.2, -0.15) is 0 Å². The second kappa shape index (κ2) is 6.07. The molecule has 0 spiro atoms. The average molecular weight is 315 g/mol. The first-order chi connectivity index (χ1) is 11.2. The third-order valence-electron chi connectivity index (χ3n) is 3.65. The lowest BCUT2D eigenvalue weighted by atomic mass is 10.3. The molecule has 120 valence electrons. The number of anilines is 2. The lowest BCUT2D eigenvalue weighted by Gasteiger charge is -2.17. The van der Waals surface area contributed by atoms with Crippen molar-refractivity contribution in [2.24, 2.45) is 0 Å². The minimum Gasteiger partial charge on any atom is -0.497 e. The molecule has 2 heterocycles. The number of nitrogens with zero attached hydrogens (tertiary/aromatic N) is 4. The Kier molecular flexibility index (Phi) is 3.96. The Bertz CT molecular complexity index is 785. The minimum absolute atomic E-state index is 0.174. The van der Waals surface area contributed by atoms with Gasteiger partial charge >= 0.3 is 0 Å². The molecule has 8 nitrogen and oxygen atoms in total. The van der Waals surface area contributed by atoms with Crippen LogP contribution in [0.25, 0.3) is 0 Å². The van der Waals surface area contributed by atoms with E-state index in [0.717, 1.165) is 11.4 Å². The van der Waals surface area contributed by atoms with E-state index < -0.39 is 11.5 Å². The Hall–Kier alpha value is -2.90. The number of hydrogen-bond acceptors (Lipinski definition) is 6. The van der Waals surface area contributed by atoms with E-state index in [1.54, 1.807) is 14.0 Å². The molecule has 1 N–H and O–H groups in total. The van der Waals surface area contributed by atoms with Crippen LogP contribution in [0.2, 0.25) is 0 Å². The molecule has 0 fully saturated rings. The summed E-state index contributed by atoms with van der Waals surface area (Å²) in [6, 6.07) is 7.45. The Morgan fingerprint density at radius 3 is 2.65 bits per heavy atom. The van der Waals surface area contributed by atoms with Crippen LogP contribution in [0, 0.1) is 0 Å². The van der Waals surface area contributed by atoms with Crippen molar-refractivity contribution in [3.8, 4) is 5.75 Å².